The third-order valence-electron chi connectivity index (χ3n) is 6.60. The molecule has 3 amide bonds. The summed E-state index contributed by atoms with van der Waals surface area (Å²) in [5.74, 6) is -0.497. The van der Waals surface area contributed by atoms with E-state index in [1.165, 1.54) is 0 Å². The molecule has 4 unspecified atom stereocenters. The average Bonchev–Trinajstić information content (AvgIpc) is 2.89. The molecule has 3 rings (SSSR count). The van der Waals surface area contributed by atoms with Crippen LogP contribution in [0.5, 0.6) is 5.75 Å². The van der Waals surface area contributed by atoms with Crippen molar-refractivity contribution < 1.29 is 19.1 Å². The van der Waals surface area contributed by atoms with Crippen LogP contribution in [0.2, 0.25) is 0 Å². The first-order valence-corrected chi connectivity index (χ1v) is 12.3. The summed E-state index contributed by atoms with van der Waals surface area (Å²) in [7, 11) is 3.30. The molecule has 8 nitrogen and oxygen atoms in total. The zero-order chi connectivity index (χ0) is 26.1. The summed E-state index contributed by atoms with van der Waals surface area (Å²) in [4.78, 5) is 39.9. The van der Waals surface area contributed by atoms with Gasteiger partial charge in [0, 0.05) is 19.0 Å². The quantitative estimate of drug-likeness (QED) is 0.494. The lowest BCUT2D eigenvalue weighted by atomic mass is 9.96. The Morgan fingerprint density at radius 3 is 2.44 bits per heavy atom. The number of carbonyl (C=O) groups excluding carboxylic acids is 3. The number of hydrogen-bond acceptors (Lipinski definition) is 5. The first kappa shape index (κ1) is 26.9. The van der Waals surface area contributed by atoms with Gasteiger partial charge in [0.15, 0.2) is 0 Å². The van der Waals surface area contributed by atoms with Crippen LogP contribution in [0.15, 0.2) is 54.7 Å². The van der Waals surface area contributed by atoms with Gasteiger partial charge < -0.3 is 26.0 Å². The summed E-state index contributed by atoms with van der Waals surface area (Å²) in [6.07, 6.45) is 4.71. The molecule has 0 fully saturated rings. The fourth-order valence-corrected chi connectivity index (χ4v) is 4.20. The topological polar surface area (TPSA) is 109 Å². The predicted molar refractivity (Wildman–Crippen MR) is 140 cm³/mol. The van der Waals surface area contributed by atoms with Crippen molar-refractivity contribution in [2.45, 2.75) is 51.2 Å². The number of fused-ring (bicyclic) bond motifs is 2. The minimum Gasteiger partial charge on any atom is -0.496 e. The van der Waals surface area contributed by atoms with Crippen LogP contribution in [0.1, 0.15) is 37.0 Å². The molecule has 4 N–H and O–H groups in total. The third kappa shape index (κ3) is 6.95. The number of ether oxygens (including phenoxy) is 1. The molecule has 36 heavy (non-hydrogen) atoms. The van der Waals surface area contributed by atoms with Crippen molar-refractivity contribution in [3.63, 3.8) is 0 Å². The maximum atomic E-state index is 13.4. The lowest BCUT2D eigenvalue weighted by Gasteiger charge is -2.28. The van der Waals surface area contributed by atoms with Gasteiger partial charge in [0.2, 0.25) is 17.7 Å². The Morgan fingerprint density at radius 2 is 1.78 bits per heavy atom. The number of benzene rings is 2. The maximum absolute atomic E-state index is 13.4. The molecule has 0 saturated carbocycles. The molecule has 0 aromatic heterocycles. The van der Waals surface area contributed by atoms with Crippen molar-refractivity contribution in [2.75, 3.05) is 14.2 Å². The normalized spacial score (nSPS) is 22.8. The van der Waals surface area contributed by atoms with Gasteiger partial charge >= 0.3 is 0 Å². The molecule has 8 heteroatoms. The van der Waals surface area contributed by atoms with Gasteiger partial charge in [-0.2, -0.15) is 0 Å². The van der Waals surface area contributed by atoms with Crippen LogP contribution in [0, 0.1) is 5.92 Å². The Labute approximate surface area is 212 Å². The zero-order valence-corrected chi connectivity index (χ0v) is 21.3. The van der Waals surface area contributed by atoms with Crippen molar-refractivity contribution in [3.8, 4) is 5.75 Å². The number of rotatable bonds is 6. The van der Waals surface area contributed by atoms with Crippen LogP contribution in [0.3, 0.4) is 0 Å². The molecule has 1 heterocycles. The number of carbonyl (C=O) groups is 3. The van der Waals surface area contributed by atoms with Crippen molar-refractivity contribution in [1.82, 2.24) is 21.3 Å². The lowest BCUT2D eigenvalue weighted by Crippen LogP contribution is -2.58. The number of methoxy groups -OCH3 is 1. The van der Waals surface area contributed by atoms with E-state index in [4.69, 9.17) is 4.74 Å². The van der Waals surface area contributed by atoms with Crippen molar-refractivity contribution in [2.24, 2.45) is 5.92 Å². The monoisotopic (exact) mass is 492 g/mol. The molecule has 0 aliphatic carbocycles. The van der Waals surface area contributed by atoms with Crippen LogP contribution in [0.4, 0.5) is 0 Å². The van der Waals surface area contributed by atoms with Gasteiger partial charge in [0.1, 0.15) is 17.8 Å². The van der Waals surface area contributed by atoms with Gasteiger partial charge in [0.05, 0.1) is 13.2 Å². The molecular formula is C28H36N4O4. The second-order valence-corrected chi connectivity index (χ2v) is 9.08. The fraction of sp³-hybridized carbons (Fsp3) is 0.393. The van der Waals surface area contributed by atoms with Gasteiger partial charge in [0.25, 0.3) is 0 Å². The van der Waals surface area contributed by atoms with Crippen LogP contribution < -0.4 is 26.0 Å². The van der Waals surface area contributed by atoms with Crippen LogP contribution >= 0.6 is 0 Å². The minimum atomic E-state index is -0.815. The Hall–Kier alpha value is -3.65. The number of likely N-dealkylation sites (N-methyl/N-ethyl adjacent to an activating group) is 1. The molecular weight excluding hydrogens is 456 g/mol. The number of nitrogens with one attached hydrogen (secondary N) is 4. The van der Waals surface area contributed by atoms with Crippen molar-refractivity contribution >= 4 is 23.8 Å². The maximum Gasteiger partial charge on any atom is 0.246 e. The van der Waals surface area contributed by atoms with E-state index in [1.54, 1.807) is 26.4 Å². The Balaban J connectivity index is 2.00. The summed E-state index contributed by atoms with van der Waals surface area (Å²) in [5.41, 5.74) is 2.60. The van der Waals surface area contributed by atoms with Gasteiger partial charge in [-0.05, 0) is 47.9 Å². The number of amides is 3. The largest absolute Gasteiger partial charge is 0.496 e. The highest BCUT2D eigenvalue weighted by atomic mass is 16.5. The summed E-state index contributed by atoms with van der Waals surface area (Å²) in [6, 6.07) is 13.0. The van der Waals surface area contributed by atoms with E-state index in [9.17, 15) is 14.4 Å². The molecule has 2 bridgehead atoms. The molecule has 2 aromatic rings. The van der Waals surface area contributed by atoms with Gasteiger partial charge in [-0.25, -0.2) is 0 Å². The Morgan fingerprint density at radius 1 is 1.03 bits per heavy atom. The molecule has 0 radical (unpaired) electrons. The second-order valence-electron chi connectivity index (χ2n) is 9.08. The average molecular weight is 493 g/mol. The molecule has 1 aliphatic heterocycles. The first-order valence-electron chi connectivity index (χ1n) is 12.3. The van der Waals surface area contributed by atoms with Crippen LogP contribution in [-0.2, 0) is 27.2 Å². The molecule has 4 atom stereocenters. The molecule has 2 aromatic carbocycles. The summed E-state index contributed by atoms with van der Waals surface area (Å²) >= 11 is 0. The number of hydrogen-bond donors (Lipinski definition) is 4. The highest BCUT2D eigenvalue weighted by Gasteiger charge is 2.32. The molecule has 0 saturated heterocycles. The van der Waals surface area contributed by atoms with Crippen molar-refractivity contribution in [1.29, 1.82) is 0 Å². The van der Waals surface area contributed by atoms with E-state index in [0.29, 0.717) is 25.0 Å². The van der Waals surface area contributed by atoms with Crippen LogP contribution in [-0.4, -0.2) is 50.0 Å². The van der Waals surface area contributed by atoms with E-state index in [-0.39, 0.29) is 23.6 Å². The highest BCUT2D eigenvalue weighted by molar-refractivity contribution is 5.94. The lowest BCUT2D eigenvalue weighted by molar-refractivity contribution is -0.133. The highest BCUT2D eigenvalue weighted by Crippen LogP contribution is 2.23. The van der Waals surface area contributed by atoms with E-state index < -0.39 is 18.1 Å². The first-order chi connectivity index (χ1) is 17.4. The summed E-state index contributed by atoms with van der Waals surface area (Å²) in [5, 5.41) is 11.7. The summed E-state index contributed by atoms with van der Waals surface area (Å²) in [6.45, 7) is 3.87. The predicted octanol–water partition coefficient (Wildman–Crippen LogP) is 2.18. The van der Waals surface area contributed by atoms with Gasteiger partial charge in [-0.15, -0.1) is 0 Å². The van der Waals surface area contributed by atoms with E-state index in [2.05, 4.69) is 21.3 Å². The fourth-order valence-electron chi connectivity index (χ4n) is 4.20. The Kier molecular flexibility index (Phi) is 9.64. The molecule has 0 spiro atoms. The minimum absolute atomic E-state index is 0.139. The second kappa shape index (κ2) is 12.9. The van der Waals surface area contributed by atoms with E-state index in [0.717, 1.165) is 16.7 Å². The zero-order valence-electron chi connectivity index (χ0n) is 21.3. The van der Waals surface area contributed by atoms with Crippen molar-refractivity contribution in [3.05, 3.63) is 71.4 Å². The van der Waals surface area contributed by atoms with Gasteiger partial charge in [-0.3, -0.25) is 14.4 Å². The summed E-state index contributed by atoms with van der Waals surface area (Å²) < 4.78 is 5.51. The smallest absolute Gasteiger partial charge is 0.246 e. The van der Waals surface area contributed by atoms with Crippen LogP contribution in [0.25, 0.3) is 6.08 Å². The van der Waals surface area contributed by atoms with Gasteiger partial charge in [-0.1, -0.05) is 56.7 Å². The van der Waals surface area contributed by atoms with E-state index in [1.807, 2.05) is 62.4 Å². The van der Waals surface area contributed by atoms with E-state index >= 15 is 0 Å². The Bertz CT molecular complexity index is 1090. The molecule has 192 valence electrons. The third-order valence-corrected chi connectivity index (χ3v) is 6.60. The molecule has 1 aliphatic rings. The standard InChI is InChI=1S/C28H36N4O4/c1-5-18(2)25-28(35)31-23(16-19-9-7-6-8-10-19)26(33)30-14-13-20-11-12-24(36-4)21(15-20)17-22(29-3)27(34)32-25/h6-15,18,22-23,25,29H,5,16-17H2,1-4H3,(H,30,33)(H,31,35)(H,32,34)/b14-13+. The SMILES string of the molecule is CCC(C)C1NC(=O)C(NC)Cc2cc(ccc2OC)/C=C/NC(=O)C(Cc2ccccc2)NC1=O.